The number of imide groups is 2. The molecule has 4 aromatic rings. The third-order valence-electron chi connectivity index (χ3n) is 5.67. The summed E-state index contributed by atoms with van der Waals surface area (Å²) in [6.07, 6.45) is 1.51. The second-order valence-corrected chi connectivity index (χ2v) is 8.31. The van der Waals surface area contributed by atoms with Crippen molar-refractivity contribution in [3.8, 4) is 5.75 Å². The predicted octanol–water partition coefficient (Wildman–Crippen LogP) is 5.74. The van der Waals surface area contributed by atoms with Crippen molar-refractivity contribution in [2.45, 2.75) is 6.61 Å². The van der Waals surface area contributed by atoms with E-state index in [1.807, 2.05) is 60.7 Å². The van der Waals surface area contributed by atoms with Gasteiger partial charge in [0.25, 0.3) is 11.8 Å². The normalized spacial score (nSPS) is 14.9. The van der Waals surface area contributed by atoms with Crippen LogP contribution in [0.5, 0.6) is 5.75 Å². The molecule has 1 saturated heterocycles. The number of rotatable bonds is 5. The largest absolute Gasteiger partial charge is 0.489 e. The number of anilines is 1. The van der Waals surface area contributed by atoms with Gasteiger partial charge in [0.05, 0.1) is 5.69 Å². The van der Waals surface area contributed by atoms with Gasteiger partial charge in [-0.15, -0.1) is 0 Å². The minimum atomic E-state index is -0.806. The maximum atomic E-state index is 13.3. The first kappa shape index (κ1) is 22.4. The van der Waals surface area contributed by atoms with E-state index in [1.165, 1.54) is 6.08 Å². The van der Waals surface area contributed by atoms with Gasteiger partial charge >= 0.3 is 6.03 Å². The molecule has 0 bridgehead atoms. The molecule has 0 spiro atoms. The van der Waals surface area contributed by atoms with Crippen molar-refractivity contribution in [3.05, 3.63) is 113 Å². The number of barbiturate groups is 1. The first-order valence-electron chi connectivity index (χ1n) is 10.9. The van der Waals surface area contributed by atoms with E-state index >= 15 is 0 Å². The first-order chi connectivity index (χ1) is 17.0. The van der Waals surface area contributed by atoms with Gasteiger partial charge in [0.2, 0.25) is 0 Å². The van der Waals surface area contributed by atoms with E-state index in [0.717, 1.165) is 21.2 Å². The van der Waals surface area contributed by atoms with E-state index in [-0.39, 0.29) is 12.2 Å². The fourth-order valence-corrected chi connectivity index (χ4v) is 4.08. The molecule has 0 atom stereocenters. The van der Waals surface area contributed by atoms with Gasteiger partial charge in [-0.25, -0.2) is 9.69 Å². The molecule has 1 N–H and O–H groups in total. The molecule has 1 fully saturated rings. The SMILES string of the molecule is O=C1NC(=O)N(c2ccc(OCc3ccccc3Cl)cc2)C(=O)C1=Cc1cccc2ccccc12. The summed E-state index contributed by atoms with van der Waals surface area (Å²) in [6.45, 7) is 0.272. The molecule has 4 amide bonds. The Morgan fingerprint density at radius 1 is 0.829 bits per heavy atom. The Morgan fingerprint density at radius 2 is 1.54 bits per heavy atom. The molecule has 0 aliphatic carbocycles. The smallest absolute Gasteiger partial charge is 0.335 e. The van der Waals surface area contributed by atoms with Crippen molar-refractivity contribution < 1.29 is 19.1 Å². The molecule has 7 heteroatoms. The van der Waals surface area contributed by atoms with Crippen molar-refractivity contribution in [2.24, 2.45) is 0 Å². The zero-order valence-corrected chi connectivity index (χ0v) is 19.2. The molecule has 4 aromatic carbocycles. The van der Waals surface area contributed by atoms with Crippen LogP contribution in [-0.2, 0) is 16.2 Å². The van der Waals surface area contributed by atoms with Crippen molar-refractivity contribution in [1.29, 1.82) is 0 Å². The summed E-state index contributed by atoms with van der Waals surface area (Å²) >= 11 is 6.16. The van der Waals surface area contributed by atoms with Crippen LogP contribution in [0.25, 0.3) is 16.8 Å². The number of halogens is 1. The van der Waals surface area contributed by atoms with Crippen molar-refractivity contribution in [1.82, 2.24) is 5.32 Å². The van der Waals surface area contributed by atoms with Gasteiger partial charge in [-0.3, -0.25) is 14.9 Å². The van der Waals surface area contributed by atoms with Gasteiger partial charge in [0.15, 0.2) is 0 Å². The number of carbonyl (C=O) groups excluding carboxylic acids is 3. The Balaban J connectivity index is 1.40. The number of hydrogen-bond acceptors (Lipinski definition) is 4. The van der Waals surface area contributed by atoms with Gasteiger partial charge in [0.1, 0.15) is 17.9 Å². The van der Waals surface area contributed by atoms with Gasteiger partial charge in [-0.05, 0) is 52.7 Å². The molecular formula is C28H19ClN2O4. The van der Waals surface area contributed by atoms with Gasteiger partial charge < -0.3 is 4.74 Å². The van der Waals surface area contributed by atoms with E-state index in [0.29, 0.717) is 22.0 Å². The summed E-state index contributed by atoms with van der Waals surface area (Å²) in [5.74, 6) is -0.888. The Morgan fingerprint density at radius 3 is 2.34 bits per heavy atom. The number of nitrogens with one attached hydrogen (secondary N) is 1. The highest BCUT2D eigenvalue weighted by atomic mass is 35.5. The van der Waals surface area contributed by atoms with E-state index in [2.05, 4.69) is 5.32 Å². The number of fused-ring (bicyclic) bond motifs is 1. The monoisotopic (exact) mass is 482 g/mol. The van der Waals surface area contributed by atoms with Crippen LogP contribution < -0.4 is 15.0 Å². The van der Waals surface area contributed by atoms with Crippen molar-refractivity contribution in [3.63, 3.8) is 0 Å². The number of ether oxygens (including phenoxy) is 1. The molecule has 0 aromatic heterocycles. The number of amides is 4. The summed E-state index contributed by atoms with van der Waals surface area (Å²) in [7, 11) is 0. The molecule has 0 radical (unpaired) electrons. The fourth-order valence-electron chi connectivity index (χ4n) is 3.89. The van der Waals surface area contributed by atoms with Crippen LogP contribution in [0, 0.1) is 0 Å². The van der Waals surface area contributed by atoms with Gasteiger partial charge in [-0.2, -0.15) is 0 Å². The van der Waals surface area contributed by atoms with Crippen LogP contribution in [0.2, 0.25) is 5.02 Å². The zero-order chi connectivity index (χ0) is 24.4. The fraction of sp³-hybridized carbons (Fsp3) is 0.0357. The molecule has 5 rings (SSSR count). The Bertz CT molecular complexity index is 1490. The maximum absolute atomic E-state index is 13.3. The average Bonchev–Trinajstić information content (AvgIpc) is 2.87. The van der Waals surface area contributed by atoms with Crippen LogP contribution in [0.15, 0.2) is 96.6 Å². The summed E-state index contributed by atoms with van der Waals surface area (Å²) < 4.78 is 5.77. The van der Waals surface area contributed by atoms with Crippen molar-refractivity contribution in [2.75, 3.05) is 4.90 Å². The van der Waals surface area contributed by atoms with Crippen LogP contribution in [0.3, 0.4) is 0 Å². The predicted molar refractivity (Wildman–Crippen MR) is 135 cm³/mol. The molecule has 6 nitrogen and oxygen atoms in total. The third kappa shape index (κ3) is 4.52. The minimum Gasteiger partial charge on any atom is -0.489 e. The quantitative estimate of drug-likeness (QED) is 0.291. The Labute approximate surface area is 206 Å². The molecular weight excluding hydrogens is 464 g/mol. The highest BCUT2D eigenvalue weighted by Gasteiger charge is 2.36. The zero-order valence-electron chi connectivity index (χ0n) is 18.4. The first-order valence-corrected chi connectivity index (χ1v) is 11.2. The second-order valence-electron chi connectivity index (χ2n) is 7.90. The highest BCUT2D eigenvalue weighted by Crippen LogP contribution is 2.27. The van der Waals surface area contributed by atoms with Crippen LogP contribution in [0.4, 0.5) is 10.5 Å². The number of nitrogens with zero attached hydrogens (tertiary/aromatic N) is 1. The minimum absolute atomic E-state index is 0.125. The van der Waals surface area contributed by atoms with E-state index in [1.54, 1.807) is 30.3 Å². The van der Waals surface area contributed by atoms with Crippen LogP contribution in [-0.4, -0.2) is 17.8 Å². The lowest BCUT2D eigenvalue weighted by Crippen LogP contribution is -2.54. The number of carbonyl (C=O) groups is 3. The summed E-state index contributed by atoms with van der Waals surface area (Å²) in [5.41, 5.74) is 1.73. The summed E-state index contributed by atoms with van der Waals surface area (Å²) in [4.78, 5) is 39.3. The number of benzene rings is 4. The number of hydrogen-bond donors (Lipinski definition) is 1. The summed E-state index contributed by atoms with van der Waals surface area (Å²) in [6, 6.07) is 26.3. The topological polar surface area (TPSA) is 75.7 Å². The molecule has 0 unspecified atom stereocenters. The van der Waals surface area contributed by atoms with E-state index < -0.39 is 17.8 Å². The molecule has 172 valence electrons. The molecule has 0 saturated carbocycles. The average molecular weight is 483 g/mol. The van der Waals surface area contributed by atoms with Gasteiger partial charge in [-0.1, -0.05) is 72.3 Å². The van der Waals surface area contributed by atoms with E-state index in [4.69, 9.17) is 16.3 Å². The second kappa shape index (κ2) is 9.44. The lowest BCUT2D eigenvalue weighted by molar-refractivity contribution is -0.122. The Kier molecular flexibility index (Phi) is 6.04. The van der Waals surface area contributed by atoms with Crippen LogP contribution in [0.1, 0.15) is 11.1 Å². The van der Waals surface area contributed by atoms with Crippen LogP contribution >= 0.6 is 11.6 Å². The molecule has 1 aliphatic rings. The molecule has 1 aliphatic heterocycles. The Hall–Kier alpha value is -4.42. The highest BCUT2D eigenvalue weighted by molar-refractivity contribution is 6.39. The standard InChI is InChI=1S/C28H19ClN2O4/c29-25-11-4-2-7-20(25)17-35-22-14-12-21(13-15-22)31-27(33)24(26(32)30-28(31)34)16-19-9-5-8-18-6-1-3-10-23(18)19/h1-16H,17H2,(H,30,32,34). The maximum Gasteiger partial charge on any atom is 0.335 e. The number of urea groups is 1. The van der Waals surface area contributed by atoms with Gasteiger partial charge in [0, 0.05) is 10.6 Å². The lowest BCUT2D eigenvalue weighted by Gasteiger charge is -2.26. The summed E-state index contributed by atoms with van der Waals surface area (Å²) in [5, 5.41) is 4.74. The lowest BCUT2D eigenvalue weighted by atomic mass is 10.0. The molecule has 1 heterocycles. The van der Waals surface area contributed by atoms with Crippen molar-refractivity contribution >= 4 is 52.0 Å². The van der Waals surface area contributed by atoms with E-state index in [9.17, 15) is 14.4 Å². The molecule has 35 heavy (non-hydrogen) atoms. The third-order valence-corrected chi connectivity index (χ3v) is 6.04.